The lowest BCUT2D eigenvalue weighted by atomic mass is 10.1. The summed E-state index contributed by atoms with van der Waals surface area (Å²) in [6.07, 6.45) is -5.25. The maximum atomic E-state index is 12.5. The molecular weight excluding hydrogens is 361 g/mol. The first-order chi connectivity index (χ1) is 12.8. The van der Waals surface area contributed by atoms with E-state index in [0.29, 0.717) is 5.69 Å². The van der Waals surface area contributed by atoms with Crippen molar-refractivity contribution in [2.75, 3.05) is 11.9 Å². The molecule has 2 N–H and O–H groups in total. The Morgan fingerprint density at radius 1 is 1.04 bits per heavy atom. The van der Waals surface area contributed by atoms with Gasteiger partial charge in [-0.2, -0.15) is 13.2 Å². The van der Waals surface area contributed by atoms with Crippen molar-refractivity contribution >= 4 is 17.7 Å². The minimum Gasteiger partial charge on any atom is -0.444 e. The van der Waals surface area contributed by atoms with Gasteiger partial charge in [-0.15, -0.1) is 0 Å². The Morgan fingerprint density at radius 3 is 2.26 bits per heavy atom. The molecule has 0 radical (unpaired) electrons. The Labute approximate surface area is 154 Å². The largest absolute Gasteiger partial charge is 0.444 e. The highest BCUT2D eigenvalue weighted by molar-refractivity contribution is 5.93. The van der Waals surface area contributed by atoms with E-state index in [1.807, 2.05) is 6.07 Å². The summed E-state index contributed by atoms with van der Waals surface area (Å²) in [5, 5.41) is 4.98. The minimum atomic E-state index is -4.40. The molecule has 0 saturated carbocycles. The quantitative estimate of drug-likeness (QED) is 0.788. The van der Waals surface area contributed by atoms with Gasteiger partial charge < -0.3 is 10.1 Å². The molecule has 1 atom stereocenters. The molecule has 0 spiro atoms. The Morgan fingerprint density at radius 2 is 1.67 bits per heavy atom. The molecule has 0 saturated heterocycles. The Kier molecular flexibility index (Phi) is 6.81. The van der Waals surface area contributed by atoms with Crippen LogP contribution in [0.1, 0.15) is 18.1 Å². The Hall–Kier alpha value is -3.03. The molecular formula is C19H19F3N2O3. The molecule has 0 aliphatic carbocycles. The normalized spacial score (nSPS) is 12.1. The summed E-state index contributed by atoms with van der Waals surface area (Å²) in [6, 6.07) is 13.5. The van der Waals surface area contributed by atoms with Crippen molar-refractivity contribution in [2.45, 2.75) is 19.7 Å². The fourth-order valence-electron chi connectivity index (χ4n) is 2.12. The standard InChI is InChI=1S/C19H19F3N2O3/c1-13(11-23-16-9-7-15(8-10-16)19(20,21)22)17(25)24-18(26)27-12-14-5-3-2-4-6-14/h2-10,13,23H,11-12H2,1H3,(H,24,25,26)/t13-/m1/s1. The summed E-state index contributed by atoms with van der Waals surface area (Å²) >= 11 is 0. The fourth-order valence-corrected chi connectivity index (χ4v) is 2.12. The fraction of sp³-hybridized carbons (Fsp3) is 0.263. The van der Waals surface area contributed by atoms with Gasteiger partial charge in [-0.25, -0.2) is 4.79 Å². The third-order valence-electron chi connectivity index (χ3n) is 3.71. The van der Waals surface area contributed by atoms with Crippen LogP contribution < -0.4 is 10.6 Å². The predicted molar refractivity (Wildman–Crippen MR) is 93.9 cm³/mol. The van der Waals surface area contributed by atoms with Crippen LogP contribution in [0.3, 0.4) is 0 Å². The van der Waals surface area contributed by atoms with Gasteiger partial charge >= 0.3 is 12.3 Å². The summed E-state index contributed by atoms with van der Waals surface area (Å²) in [5.74, 6) is -1.15. The zero-order chi connectivity index (χ0) is 19.9. The van der Waals surface area contributed by atoms with E-state index in [-0.39, 0.29) is 13.2 Å². The summed E-state index contributed by atoms with van der Waals surface area (Å²) in [5.41, 5.74) is 0.478. The van der Waals surface area contributed by atoms with E-state index in [2.05, 4.69) is 10.6 Å². The highest BCUT2D eigenvalue weighted by Gasteiger charge is 2.29. The zero-order valence-electron chi connectivity index (χ0n) is 14.5. The molecule has 27 heavy (non-hydrogen) atoms. The lowest BCUT2D eigenvalue weighted by molar-refractivity contribution is -0.137. The van der Waals surface area contributed by atoms with Gasteiger partial charge in [0.05, 0.1) is 11.5 Å². The monoisotopic (exact) mass is 380 g/mol. The van der Waals surface area contributed by atoms with Gasteiger partial charge in [0, 0.05) is 12.2 Å². The molecule has 2 aromatic carbocycles. The van der Waals surface area contributed by atoms with Crippen molar-refractivity contribution in [2.24, 2.45) is 5.92 Å². The molecule has 2 rings (SSSR count). The number of alkyl halides is 3. The smallest absolute Gasteiger partial charge is 0.416 e. The third kappa shape index (κ3) is 6.65. The topological polar surface area (TPSA) is 67.4 Å². The number of halogens is 3. The van der Waals surface area contributed by atoms with E-state index in [4.69, 9.17) is 4.74 Å². The summed E-state index contributed by atoms with van der Waals surface area (Å²) in [6.45, 7) is 1.76. The number of nitrogens with one attached hydrogen (secondary N) is 2. The number of carbonyl (C=O) groups excluding carboxylic acids is 2. The maximum absolute atomic E-state index is 12.5. The molecule has 2 amide bonds. The number of carbonyl (C=O) groups is 2. The van der Waals surface area contributed by atoms with Gasteiger partial charge in [-0.3, -0.25) is 10.1 Å². The molecule has 2 aromatic rings. The predicted octanol–water partition coefficient (Wildman–Crippen LogP) is 4.21. The lowest BCUT2D eigenvalue weighted by Gasteiger charge is -2.14. The average molecular weight is 380 g/mol. The number of alkyl carbamates (subject to hydrolysis) is 1. The van der Waals surface area contributed by atoms with Crippen LogP contribution in [0.5, 0.6) is 0 Å². The molecule has 0 aliphatic rings. The van der Waals surface area contributed by atoms with Gasteiger partial charge in [0.25, 0.3) is 0 Å². The molecule has 8 heteroatoms. The van der Waals surface area contributed by atoms with Crippen LogP contribution in [-0.4, -0.2) is 18.5 Å². The summed E-state index contributed by atoms with van der Waals surface area (Å²) in [7, 11) is 0. The number of imide groups is 1. The molecule has 0 fully saturated rings. The van der Waals surface area contributed by atoms with E-state index < -0.39 is 29.7 Å². The van der Waals surface area contributed by atoms with E-state index in [0.717, 1.165) is 17.7 Å². The minimum absolute atomic E-state index is 0.0398. The number of benzene rings is 2. The number of hydrogen-bond acceptors (Lipinski definition) is 4. The van der Waals surface area contributed by atoms with E-state index in [1.165, 1.54) is 12.1 Å². The first kappa shape index (κ1) is 20.3. The lowest BCUT2D eigenvalue weighted by Crippen LogP contribution is -2.37. The average Bonchev–Trinajstić information content (AvgIpc) is 2.65. The third-order valence-corrected chi connectivity index (χ3v) is 3.71. The highest BCUT2D eigenvalue weighted by Crippen LogP contribution is 2.29. The molecule has 0 heterocycles. The van der Waals surface area contributed by atoms with E-state index in [1.54, 1.807) is 31.2 Å². The van der Waals surface area contributed by atoms with E-state index in [9.17, 15) is 22.8 Å². The van der Waals surface area contributed by atoms with E-state index >= 15 is 0 Å². The molecule has 144 valence electrons. The van der Waals surface area contributed by atoms with Crippen LogP contribution in [0.4, 0.5) is 23.7 Å². The summed E-state index contributed by atoms with van der Waals surface area (Å²) in [4.78, 5) is 23.6. The molecule has 0 aromatic heterocycles. The van der Waals surface area contributed by atoms with Gasteiger partial charge in [0.2, 0.25) is 5.91 Å². The first-order valence-electron chi connectivity index (χ1n) is 8.18. The highest BCUT2D eigenvalue weighted by atomic mass is 19.4. The van der Waals surface area contributed by atoms with Crippen LogP contribution in [0.15, 0.2) is 54.6 Å². The molecule has 0 aliphatic heterocycles. The number of anilines is 1. The van der Waals surface area contributed by atoms with Crippen molar-refractivity contribution in [3.63, 3.8) is 0 Å². The second-order valence-corrected chi connectivity index (χ2v) is 5.91. The molecule has 5 nitrogen and oxygen atoms in total. The van der Waals surface area contributed by atoms with Crippen molar-refractivity contribution in [3.05, 3.63) is 65.7 Å². The van der Waals surface area contributed by atoms with Gasteiger partial charge in [0.1, 0.15) is 6.61 Å². The SMILES string of the molecule is C[C@H](CNc1ccc(C(F)(F)F)cc1)C(=O)NC(=O)OCc1ccccc1. The van der Waals surface area contributed by atoms with Crippen LogP contribution >= 0.6 is 0 Å². The van der Waals surface area contributed by atoms with Crippen molar-refractivity contribution < 1.29 is 27.5 Å². The van der Waals surface area contributed by atoms with Gasteiger partial charge in [-0.1, -0.05) is 37.3 Å². The van der Waals surface area contributed by atoms with Gasteiger partial charge in [-0.05, 0) is 29.8 Å². The zero-order valence-corrected chi connectivity index (χ0v) is 14.5. The van der Waals surface area contributed by atoms with Crippen molar-refractivity contribution in [3.8, 4) is 0 Å². The van der Waals surface area contributed by atoms with Crippen molar-refractivity contribution in [1.29, 1.82) is 0 Å². The van der Waals surface area contributed by atoms with Crippen LogP contribution in [0, 0.1) is 5.92 Å². The first-order valence-corrected chi connectivity index (χ1v) is 8.18. The van der Waals surface area contributed by atoms with Crippen LogP contribution in [0.2, 0.25) is 0 Å². The van der Waals surface area contributed by atoms with Crippen LogP contribution in [0.25, 0.3) is 0 Å². The van der Waals surface area contributed by atoms with Gasteiger partial charge in [0.15, 0.2) is 0 Å². The van der Waals surface area contributed by atoms with Crippen molar-refractivity contribution in [1.82, 2.24) is 5.32 Å². The second kappa shape index (κ2) is 9.07. The maximum Gasteiger partial charge on any atom is 0.416 e. The number of amides is 2. The number of hydrogen-bond donors (Lipinski definition) is 2. The number of rotatable bonds is 6. The molecule has 0 bridgehead atoms. The second-order valence-electron chi connectivity index (χ2n) is 5.91. The Bertz CT molecular complexity index is 762. The molecule has 0 unspecified atom stereocenters. The number of ether oxygens (including phenoxy) is 1. The van der Waals surface area contributed by atoms with Crippen LogP contribution in [-0.2, 0) is 22.3 Å². The summed E-state index contributed by atoms with van der Waals surface area (Å²) < 4.78 is 42.5. The Balaban J connectivity index is 1.75.